The molecule has 2 aromatic carbocycles. The molecule has 2 aliphatic rings. The maximum atomic E-state index is 13.2. The van der Waals surface area contributed by atoms with Crippen LogP contribution in [0.2, 0.25) is 0 Å². The summed E-state index contributed by atoms with van der Waals surface area (Å²) in [7, 11) is 0. The molecule has 2 fully saturated rings. The van der Waals surface area contributed by atoms with Crippen LogP contribution in [0.4, 0.5) is 5.69 Å². The number of benzene rings is 2. The Kier molecular flexibility index (Phi) is 7.61. The summed E-state index contributed by atoms with van der Waals surface area (Å²) in [5.74, 6) is 0.221. The lowest BCUT2D eigenvalue weighted by atomic mass is 9.72. The van der Waals surface area contributed by atoms with E-state index in [1.54, 1.807) is 13.1 Å². The van der Waals surface area contributed by atoms with Gasteiger partial charge in [0.25, 0.3) is 0 Å². The van der Waals surface area contributed by atoms with Crippen LogP contribution < -0.4 is 16.4 Å². The topological polar surface area (TPSA) is 97.1 Å². The highest BCUT2D eigenvalue weighted by Gasteiger charge is 2.34. The van der Waals surface area contributed by atoms with E-state index in [-0.39, 0.29) is 29.3 Å². The van der Waals surface area contributed by atoms with Gasteiger partial charge in [0.1, 0.15) is 0 Å². The molecule has 0 spiro atoms. The fourth-order valence-corrected chi connectivity index (χ4v) is 5.93. The van der Waals surface area contributed by atoms with E-state index >= 15 is 0 Å². The van der Waals surface area contributed by atoms with Gasteiger partial charge in [0.2, 0.25) is 11.8 Å². The average molecular weight is 511 g/mol. The summed E-state index contributed by atoms with van der Waals surface area (Å²) < 4.78 is 0. The minimum atomic E-state index is -0.192. The molecule has 1 unspecified atom stereocenters. The number of nitrogens with one attached hydrogen (secondary N) is 2. The lowest BCUT2D eigenvalue weighted by molar-refractivity contribution is -0.122. The first kappa shape index (κ1) is 26.1. The van der Waals surface area contributed by atoms with E-state index in [0.717, 1.165) is 60.9 Å². The molecular formula is C32H38N4O2. The van der Waals surface area contributed by atoms with Crippen LogP contribution in [0.15, 0.2) is 66.9 Å². The van der Waals surface area contributed by atoms with Gasteiger partial charge < -0.3 is 16.4 Å². The van der Waals surface area contributed by atoms with Crippen LogP contribution in [-0.2, 0) is 15.1 Å². The van der Waals surface area contributed by atoms with Gasteiger partial charge in [0.05, 0.1) is 17.6 Å². The molecule has 2 saturated carbocycles. The highest BCUT2D eigenvalue weighted by Crippen LogP contribution is 2.40. The van der Waals surface area contributed by atoms with Crippen molar-refractivity contribution >= 4 is 17.5 Å². The van der Waals surface area contributed by atoms with Crippen molar-refractivity contribution in [1.29, 1.82) is 0 Å². The van der Waals surface area contributed by atoms with Crippen molar-refractivity contribution in [2.45, 2.75) is 70.4 Å². The van der Waals surface area contributed by atoms with Crippen LogP contribution in [0.25, 0.3) is 22.4 Å². The highest BCUT2D eigenvalue weighted by molar-refractivity contribution is 5.94. The third-order valence-corrected chi connectivity index (χ3v) is 8.52. The summed E-state index contributed by atoms with van der Waals surface area (Å²) >= 11 is 0. The second-order valence-electron chi connectivity index (χ2n) is 11.2. The SMILES string of the molecule is CC(=O)NC1CCC(C(C)C(=O)Nc2cnc(-c3ccc(C4(N)CCC4)cc3)c(-c3ccccc3)c2)CC1. The van der Waals surface area contributed by atoms with Gasteiger partial charge in [-0.1, -0.05) is 61.5 Å². The van der Waals surface area contributed by atoms with Gasteiger partial charge in [-0.25, -0.2) is 0 Å². The molecule has 6 nitrogen and oxygen atoms in total. The Morgan fingerprint density at radius 1 is 0.974 bits per heavy atom. The van der Waals surface area contributed by atoms with Crippen LogP contribution in [0.3, 0.4) is 0 Å². The number of nitrogens with zero attached hydrogens (tertiary/aromatic N) is 1. The summed E-state index contributed by atoms with van der Waals surface area (Å²) in [6.07, 6.45) is 8.71. The number of carbonyl (C=O) groups is 2. The van der Waals surface area contributed by atoms with Crippen LogP contribution in [0, 0.1) is 11.8 Å². The zero-order valence-electron chi connectivity index (χ0n) is 22.4. The largest absolute Gasteiger partial charge is 0.354 e. The molecule has 6 heteroatoms. The minimum absolute atomic E-state index is 0.0135. The average Bonchev–Trinajstić information content (AvgIpc) is 2.92. The second kappa shape index (κ2) is 11.1. The fourth-order valence-electron chi connectivity index (χ4n) is 5.93. The molecular weight excluding hydrogens is 472 g/mol. The number of nitrogens with two attached hydrogens (primary N) is 1. The zero-order chi connectivity index (χ0) is 26.7. The number of rotatable bonds is 7. The van der Waals surface area contributed by atoms with Crippen LogP contribution in [-0.4, -0.2) is 22.8 Å². The van der Waals surface area contributed by atoms with E-state index in [0.29, 0.717) is 11.6 Å². The van der Waals surface area contributed by atoms with Gasteiger partial charge in [-0.05, 0) is 68.1 Å². The summed E-state index contributed by atoms with van der Waals surface area (Å²) in [4.78, 5) is 29.4. The predicted octanol–water partition coefficient (Wildman–Crippen LogP) is 6.02. The lowest BCUT2D eigenvalue weighted by Crippen LogP contribution is -2.43. The van der Waals surface area contributed by atoms with E-state index in [1.807, 2.05) is 31.2 Å². The maximum Gasteiger partial charge on any atom is 0.227 e. The van der Waals surface area contributed by atoms with Crippen molar-refractivity contribution in [3.8, 4) is 22.4 Å². The zero-order valence-corrected chi connectivity index (χ0v) is 22.4. The van der Waals surface area contributed by atoms with Crippen LogP contribution in [0.5, 0.6) is 0 Å². The van der Waals surface area contributed by atoms with E-state index < -0.39 is 0 Å². The van der Waals surface area contributed by atoms with Gasteiger partial charge >= 0.3 is 0 Å². The van der Waals surface area contributed by atoms with Crippen molar-refractivity contribution < 1.29 is 9.59 Å². The quantitative estimate of drug-likeness (QED) is 0.362. The molecule has 2 aliphatic carbocycles. The standard InChI is InChI=1S/C32H38N4O2/c1-21(23-11-15-27(16-12-23)35-22(2)37)31(38)36-28-19-29(24-7-4-3-5-8-24)30(34-20-28)25-9-13-26(14-10-25)32(33)17-6-18-32/h3-5,7-10,13-14,19-21,23,27H,6,11-12,15-18,33H2,1-2H3,(H,35,37)(H,36,38). The molecule has 0 saturated heterocycles. The van der Waals surface area contributed by atoms with Gasteiger partial charge in [0.15, 0.2) is 0 Å². The Hall–Kier alpha value is -3.51. The number of hydrogen-bond donors (Lipinski definition) is 3. The van der Waals surface area contributed by atoms with Gasteiger partial charge in [0, 0.05) is 35.5 Å². The van der Waals surface area contributed by atoms with Crippen molar-refractivity contribution in [1.82, 2.24) is 10.3 Å². The Balaban J connectivity index is 1.34. The first-order chi connectivity index (χ1) is 18.3. The highest BCUT2D eigenvalue weighted by atomic mass is 16.2. The first-order valence-electron chi connectivity index (χ1n) is 13.9. The van der Waals surface area contributed by atoms with Gasteiger partial charge in [-0.3, -0.25) is 14.6 Å². The Morgan fingerprint density at radius 3 is 2.26 bits per heavy atom. The summed E-state index contributed by atoms with van der Waals surface area (Å²) in [6, 6.07) is 20.9. The number of anilines is 1. The maximum absolute atomic E-state index is 13.2. The Morgan fingerprint density at radius 2 is 1.66 bits per heavy atom. The smallest absolute Gasteiger partial charge is 0.227 e. The third kappa shape index (κ3) is 5.65. The molecule has 1 heterocycles. The number of carbonyl (C=O) groups excluding carboxylic acids is 2. The molecule has 0 aliphatic heterocycles. The number of amides is 2. The number of pyridine rings is 1. The fraction of sp³-hybridized carbons (Fsp3) is 0.406. The molecule has 1 atom stereocenters. The normalized spacial score (nSPS) is 21.1. The van der Waals surface area contributed by atoms with Crippen molar-refractivity contribution in [3.05, 3.63) is 72.4 Å². The molecule has 4 N–H and O–H groups in total. The molecule has 2 amide bonds. The van der Waals surface area contributed by atoms with Crippen molar-refractivity contribution in [2.24, 2.45) is 17.6 Å². The van der Waals surface area contributed by atoms with Crippen LogP contribution in [0.1, 0.15) is 64.4 Å². The van der Waals surface area contributed by atoms with Gasteiger partial charge in [-0.2, -0.15) is 0 Å². The molecule has 38 heavy (non-hydrogen) atoms. The van der Waals surface area contributed by atoms with E-state index in [1.165, 1.54) is 12.0 Å². The van der Waals surface area contributed by atoms with E-state index in [4.69, 9.17) is 10.7 Å². The van der Waals surface area contributed by atoms with Gasteiger partial charge in [-0.15, -0.1) is 0 Å². The molecule has 5 rings (SSSR count). The first-order valence-corrected chi connectivity index (χ1v) is 13.9. The second-order valence-corrected chi connectivity index (χ2v) is 11.2. The molecule has 3 aromatic rings. The van der Waals surface area contributed by atoms with E-state index in [9.17, 15) is 9.59 Å². The lowest BCUT2D eigenvalue weighted by Gasteiger charge is -2.38. The molecule has 198 valence electrons. The molecule has 1 aromatic heterocycles. The molecule has 0 bridgehead atoms. The summed E-state index contributed by atoms with van der Waals surface area (Å²) in [5, 5.41) is 6.14. The minimum Gasteiger partial charge on any atom is -0.354 e. The van der Waals surface area contributed by atoms with Crippen LogP contribution >= 0.6 is 0 Å². The number of hydrogen-bond acceptors (Lipinski definition) is 4. The number of aromatic nitrogens is 1. The van der Waals surface area contributed by atoms with E-state index in [2.05, 4.69) is 47.0 Å². The molecule has 0 radical (unpaired) electrons. The summed E-state index contributed by atoms with van der Waals surface area (Å²) in [5.41, 5.74) is 12.1. The summed E-state index contributed by atoms with van der Waals surface area (Å²) in [6.45, 7) is 3.57. The predicted molar refractivity (Wildman–Crippen MR) is 152 cm³/mol. The monoisotopic (exact) mass is 510 g/mol. The Labute approximate surface area is 225 Å². The van der Waals surface area contributed by atoms with Crippen molar-refractivity contribution in [2.75, 3.05) is 5.32 Å². The van der Waals surface area contributed by atoms with Crippen molar-refractivity contribution in [3.63, 3.8) is 0 Å². The Bertz CT molecular complexity index is 1280. The third-order valence-electron chi connectivity index (χ3n) is 8.52.